The van der Waals surface area contributed by atoms with E-state index in [1.165, 1.54) is 0 Å². The van der Waals surface area contributed by atoms with E-state index >= 15 is 0 Å². The van der Waals surface area contributed by atoms with Crippen LogP contribution >= 0.6 is 0 Å². The first-order valence-electron chi connectivity index (χ1n) is 11.0. The first kappa shape index (κ1) is 25.1. The highest BCUT2D eigenvalue weighted by Crippen LogP contribution is 2.40. The van der Waals surface area contributed by atoms with Crippen LogP contribution in [-0.2, 0) is 10.8 Å². The lowest BCUT2D eigenvalue weighted by Crippen LogP contribution is -2.30. The molecule has 3 rings (SSSR count). The third-order valence-electron chi connectivity index (χ3n) is 5.85. The minimum Gasteiger partial charge on any atom is -0.491 e. The van der Waals surface area contributed by atoms with Crippen molar-refractivity contribution < 1.29 is 35.8 Å². The Hall–Kier alpha value is -2.48. The molecule has 2 aromatic rings. The van der Waals surface area contributed by atoms with Gasteiger partial charge in [0.15, 0.2) is 23.2 Å². The summed E-state index contributed by atoms with van der Waals surface area (Å²) in [6.07, 6.45) is 2.13. The Balaban J connectivity index is 1.81. The van der Waals surface area contributed by atoms with Crippen molar-refractivity contribution in [3.8, 4) is 16.9 Å². The highest BCUT2D eigenvalue weighted by atomic mass is 19.3. The van der Waals surface area contributed by atoms with Crippen LogP contribution in [0.2, 0.25) is 0 Å². The molecule has 1 aliphatic carbocycles. The zero-order chi connectivity index (χ0) is 24.2. The molecule has 180 valence electrons. The first-order chi connectivity index (χ1) is 15.7. The van der Waals surface area contributed by atoms with Crippen LogP contribution in [0.4, 0.5) is 26.3 Å². The van der Waals surface area contributed by atoms with E-state index in [0.717, 1.165) is 24.6 Å². The molecule has 0 radical (unpaired) electrons. The third-order valence-corrected chi connectivity index (χ3v) is 5.85. The topological polar surface area (TPSA) is 18.5 Å². The summed E-state index contributed by atoms with van der Waals surface area (Å²) in [4.78, 5) is 0. The average Bonchev–Trinajstić information content (AvgIpc) is 2.78. The van der Waals surface area contributed by atoms with Crippen LogP contribution in [0, 0.1) is 29.2 Å². The molecule has 33 heavy (non-hydrogen) atoms. The van der Waals surface area contributed by atoms with E-state index in [0.29, 0.717) is 37.7 Å². The first-order valence-corrected chi connectivity index (χ1v) is 11.0. The molecule has 1 aliphatic rings. The van der Waals surface area contributed by atoms with Gasteiger partial charge >= 0.3 is 6.11 Å². The molecule has 2 nitrogen and oxygen atoms in total. The quantitative estimate of drug-likeness (QED) is 0.287. The van der Waals surface area contributed by atoms with Gasteiger partial charge in [-0.25, -0.2) is 13.2 Å². The van der Waals surface area contributed by atoms with Gasteiger partial charge in [-0.05, 0) is 70.1 Å². The standard InChI is InChI=1S/C25H26F6O2/c1-3-5-6-15-7-9-16(10-8-15)33-25(30,31)19-13-11-17(21(26)23(19)28)18-12-14-20(32-4-2)24(29)22(18)27/h3,5,11-16H,4,6-10H2,1-2H3. The summed E-state index contributed by atoms with van der Waals surface area (Å²) in [6.45, 7) is 3.55. The molecule has 1 fully saturated rings. The van der Waals surface area contributed by atoms with Gasteiger partial charge in [0.25, 0.3) is 0 Å². The van der Waals surface area contributed by atoms with Crippen molar-refractivity contribution in [3.63, 3.8) is 0 Å². The number of hydrogen-bond acceptors (Lipinski definition) is 2. The summed E-state index contributed by atoms with van der Waals surface area (Å²) in [7, 11) is 0. The van der Waals surface area contributed by atoms with Crippen molar-refractivity contribution in [3.05, 3.63) is 65.2 Å². The fraction of sp³-hybridized carbons (Fsp3) is 0.440. The van der Waals surface area contributed by atoms with Gasteiger partial charge in [-0.1, -0.05) is 18.2 Å². The largest absolute Gasteiger partial charge is 0.491 e. The fourth-order valence-corrected chi connectivity index (χ4v) is 4.08. The molecule has 0 aliphatic heterocycles. The second-order valence-electron chi connectivity index (χ2n) is 8.04. The molecule has 0 bridgehead atoms. The van der Waals surface area contributed by atoms with E-state index in [1.807, 2.05) is 19.1 Å². The monoisotopic (exact) mass is 472 g/mol. The summed E-state index contributed by atoms with van der Waals surface area (Å²) in [5, 5.41) is 0. The van der Waals surface area contributed by atoms with Gasteiger partial charge in [0.1, 0.15) is 0 Å². The number of alkyl halides is 2. The lowest BCUT2D eigenvalue weighted by Gasteiger charge is -2.31. The molecule has 0 N–H and O–H groups in total. The number of benzene rings is 2. The van der Waals surface area contributed by atoms with Crippen LogP contribution < -0.4 is 4.74 Å². The van der Waals surface area contributed by atoms with Crippen LogP contribution in [0.5, 0.6) is 5.75 Å². The normalized spacial score (nSPS) is 19.3. The molecule has 0 saturated heterocycles. The maximum absolute atomic E-state index is 14.7. The maximum Gasteiger partial charge on any atom is 0.386 e. The summed E-state index contributed by atoms with van der Waals surface area (Å²) in [5.74, 6) is -6.44. The van der Waals surface area contributed by atoms with Crippen molar-refractivity contribution in [2.24, 2.45) is 5.92 Å². The Bertz CT molecular complexity index is 997. The van der Waals surface area contributed by atoms with Gasteiger partial charge in [0.05, 0.1) is 18.3 Å². The smallest absolute Gasteiger partial charge is 0.386 e. The van der Waals surface area contributed by atoms with Gasteiger partial charge in [-0.2, -0.15) is 13.2 Å². The van der Waals surface area contributed by atoms with Gasteiger partial charge in [0.2, 0.25) is 5.82 Å². The lowest BCUT2D eigenvalue weighted by molar-refractivity contribution is -0.279. The van der Waals surface area contributed by atoms with Crippen LogP contribution in [0.3, 0.4) is 0 Å². The van der Waals surface area contributed by atoms with Crippen LogP contribution in [-0.4, -0.2) is 12.7 Å². The van der Waals surface area contributed by atoms with E-state index in [9.17, 15) is 26.3 Å². The Kier molecular flexibility index (Phi) is 8.10. The van der Waals surface area contributed by atoms with Crippen molar-refractivity contribution >= 4 is 0 Å². The second-order valence-corrected chi connectivity index (χ2v) is 8.04. The molecular weight excluding hydrogens is 446 g/mol. The van der Waals surface area contributed by atoms with E-state index in [2.05, 4.69) is 0 Å². The molecule has 0 spiro atoms. The molecule has 0 heterocycles. The van der Waals surface area contributed by atoms with Crippen LogP contribution in [0.25, 0.3) is 11.1 Å². The molecule has 8 heteroatoms. The van der Waals surface area contributed by atoms with Gasteiger partial charge in [0, 0.05) is 11.1 Å². The Labute approximate surface area is 189 Å². The fourth-order valence-electron chi connectivity index (χ4n) is 4.08. The maximum atomic E-state index is 14.7. The predicted molar refractivity (Wildman–Crippen MR) is 113 cm³/mol. The molecule has 0 aromatic heterocycles. The van der Waals surface area contributed by atoms with E-state index in [1.54, 1.807) is 6.92 Å². The number of rotatable bonds is 8. The van der Waals surface area contributed by atoms with E-state index < -0.39 is 57.9 Å². The van der Waals surface area contributed by atoms with Crippen molar-refractivity contribution in [1.29, 1.82) is 0 Å². The highest BCUT2D eigenvalue weighted by Gasteiger charge is 2.41. The van der Waals surface area contributed by atoms with Crippen molar-refractivity contribution in [2.75, 3.05) is 6.61 Å². The van der Waals surface area contributed by atoms with Gasteiger partial charge in [-0.15, -0.1) is 0 Å². The Morgan fingerprint density at radius 1 is 0.879 bits per heavy atom. The number of halogens is 6. The summed E-state index contributed by atoms with van der Waals surface area (Å²) >= 11 is 0. The van der Waals surface area contributed by atoms with Crippen molar-refractivity contribution in [1.82, 2.24) is 0 Å². The second kappa shape index (κ2) is 10.6. The Morgan fingerprint density at radius 3 is 2.09 bits per heavy atom. The molecule has 0 unspecified atom stereocenters. The zero-order valence-electron chi connectivity index (χ0n) is 18.4. The van der Waals surface area contributed by atoms with Gasteiger partial charge < -0.3 is 9.47 Å². The molecule has 0 atom stereocenters. The van der Waals surface area contributed by atoms with Gasteiger partial charge in [-0.3, -0.25) is 0 Å². The third kappa shape index (κ3) is 5.54. The van der Waals surface area contributed by atoms with E-state index in [4.69, 9.17) is 9.47 Å². The number of allylic oxidation sites excluding steroid dienone is 2. The Morgan fingerprint density at radius 2 is 1.48 bits per heavy atom. The highest BCUT2D eigenvalue weighted by molar-refractivity contribution is 5.66. The molecular formula is C25H26F6O2. The number of ether oxygens (including phenoxy) is 2. The summed E-state index contributed by atoms with van der Waals surface area (Å²) < 4.78 is 97.1. The SMILES string of the molecule is CC=CCC1CCC(OC(F)(F)c2ccc(-c3ccc(OCC)c(F)c3F)c(F)c2F)CC1. The molecule has 1 saturated carbocycles. The van der Waals surface area contributed by atoms with Crippen LogP contribution in [0.15, 0.2) is 36.4 Å². The molecule has 2 aromatic carbocycles. The average molecular weight is 472 g/mol. The van der Waals surface area contributed by atoms with Crippen LogP contribution in [0.1, 0.15) is 51.5 Å². The molecule has 0 amide bonds. The minimum absolute atomic E-state index is 0.0694. The zero-order valence-corrected chi connectivity index (χ0v) is 18.4. The summed E-state index contributed by atoms with van der Waals surface area (Å²) in [6, 6.07) is 3.49. The lowest BCUT2D eigenvalue weighted by atomic mass is 9.85. The van der Waals surface area contributed by atoms with Crippen molar-refractivity contribution in [2.45, 2.75) is 58.2 Å². The summed E-state index contributed by atoms with van der Waals surface area (Å²) in [5.41, 5.74) is -2.58. The minimum atomic E-state index is -4.08. The van der Waals surface area contributed by atoms with E-state index in [-0.39, 0.29) is 6.61 Å². The number of hydrogen-bond donors (Lipinski definition) is 0. The predicted octanol–water partition coefficient (Wildman–Crippen LogP) is 7.90.